The molecule has 6 rings (SSSR count). The van der Waals surface area contributed by atoms with E-state index in [1.807, 2.05) is 0 Å². The first kappa shape index (κ1) is 54.1. The Morgan fingerprint density at radius 3 is 2.07 bits per heavy atom. The second-order valence-electron chi connectivity index (χ2n) is 17.4. The maximum Gasteiger partial charge on any atom is 0.246 e. The number of hydrogen-bond acceptors (Lipinski definition) is 22. The van der Waals surface area contributed by atoms with E-state index in [9.17, 15) is 74.4 Å². The Labute approximate surface area is 409 Å². The Hall–Kier alpha value is -7.25. The highest BCUT2D eigenvalue weighted by molar-refractivity contribution is 5.98. The van der Waals surface area contributed by atoms with E-state index >= 15 is 0 Å². The lowest BCUT2D eigenvalue weighted by Crippen LogP contribution is -2.70. The van der Waals surface area contributed by atoms with Crippen LogP contribution in [0.25, 0.3) is 0 Å². The minimum atomic E-state index is -2.29. The van der Waals surface area contributed by atoms with Crippen molar-refractivity contribution >= 4 is 59.5 Å². The summed E-state index contributed by atoms with van der Waals surface area (Å²) in [5.41, 5.74) is 12.7. The number of aromatic hydroxyl groups is 1. The van der Waals surface area contributed by atoms with Crippen molar-refractivity contribution in [1.29, 1.82) is 0 Å². The second-order valence-corrected chi connectivity index (χ2v) is 17.4. The van der Waals surface area contributed by atoms with E-state index in [2.05, 4.69) is 52.5 Å². The van der Waals surface area contributed by atoms with Gasteiger partial charge in [-0.15, -0.1) is 0 Å². The van der Waals surface area contributed by atoms with Gasteiger partial charge in [0.05, 0.1) is 50.6 Å². The molecule has 29 heteroatoms. The third-order valence-electron chi connectivity index (χ3n) is 12.7. The van der Waals surface area contributed by atoms with Crippen LogP contribution in [0.2, 0.25) is 0 Å². The number of phenols is 1. The zero-order valence-electron chi connectivity index (χ0n) is 38.4. The van der Waals surface area contributed by atoms with Crippen LogP contribution in [-0.4, -0.2) is 218 Å². The number of ether oxygens (including phenoxy) is 1. The Kier molecular flexibility index (Phi) is 17.9. The van der Waals surface area contributed by atoms with Crippen LogP contribution in [0.5, 0.6) is 5.75 Å². The molecule has 0 saturated carbocycles. The number of benzene rings is 2. The molecule has 2 saturated heterocycles. The molecular weight excluding hydrogens is 955 g/mol. The van der Waals surface area contributed by atoms with Gasteiger partial charge in [0.2, 0.25) is 41.9 Å². The fourth-order valence-electron chi connectivity index (χ4n) is 8.60. The fourth-order valence-corrected chi connectivity index (χ4v) is 8.60. The van der Waals surface area contributed by atoms with Crippen LogP contribution in [0.15, 0.2) is 58.5 Å². The summed E-state index contributed by atoms with van der Waals surface area (Å²) in [7, 11) is 0. The molecule has 2 fully saturated rings. The SMILES string of the molecule is CC(c1ccccc1)[C@@H]1NC(=O)CNC(=O)[C@H](CO)NC(=O)[C@@H](C(O)C2CN=C(N)N2[C@H]2O[C@H](CO)[C@@H](O)[C@H](O)[C@@H]2O)NC(=O)[C@H](C(O)C2CN=C(N)N2)NC(=O)[C@@H](Cc2ccc(O)c(NC=O)c2)NC1=O. The third kappa shape index (κ3) is 12.3. The van der Waals surface area contributed by atoms with E-state index < -0.39 is 165 Å². The number of aliphatic hydroxyl groups excluding tert-OH is 7. The molecule has 72 heavy (non-hydrogen) atoms. The number of nitrogens with one attached hydrogen (secondary N) is 8. The first-order valence-electron chi connectivity index (χ1n) is 22.6. The zero-order valence-corrected chi connectivity index (χ0v) is 38.4. The van der Waals surface area contributed by atoms with Crippen molar-refractivity contribution in [1.82, 2.24) is 42.1 Å². The normalized spacial score (nSPS) is 31.3. The van der Waals surface area contributed by atoms with Crippen LogP contribution >= 0.6 is 0 Å². The minimum absolute atomic E-state index is 0.0947. The van der Waals surface area contributed by atoms with Gasteiger partial charge in [0.1, 0.15) is 72.6 Å². The molecule has 4 aliphatic rings. The Bertz CT molecular complexity index is 2380. The summed E-state index contributed by atoms with van der Waals surface area (Å²) in [6, 6.07) is -0.178. The fraction of sp³-hybridized carbons (Fsp3) is 0.512. The molecule has 0 aliphatic carbocycles. The average molecular weight is 1010 g/mol. The molecule has 7 amide bonds. The van der Waals surface area contributed by atoms with E-state index in [0.29, 0.717) is 5.56 Å². The molecule has 0 aromatic heterocycles. The Morgan fingerprint density at radius 2 is 1.42 bits per heavy atom. The van der Waals surface area contributed by atoms with E-state index in [0.717, 1.165) is 4.90 Å². The molecule has 2 aromatic rings. The Balaban J connectivity index is 1.43. The molecular formula is C43H59N13O16. The highest BCUT2D eigenvalue weighted by atomic mass is 16.6. The van der Waals surface area contributed by atoms with E-state index in [4.69, 9.17) is 16.2 Å². The summed E-state index contributed by atoms with van der Waals surface area (Å²) < 4.78 is 5.66. The summed E-state index contributed by atoms with van der Waals surface area (Å²) in [5, 5.41) is 106. The summed E-state index contributed by atoms with van der Waals surface area (Å²) in [5.74, 6) is -8.91. The molecule has 2 aromatic carbocycles. The van der Waals surface area contributed by atoms with E-state index in [1.165, 1.54) is 18.2 Å². The van der Waals surface area contributed by atoms with Crippen LogP contribution < -0.4 is 54.0 Å². The van der Waals surface area contributed by atoms with Gasteiger partial charge in [0, 0.05) is 12.3 Å². The predicted molar refractivity (Wildman–Crippen MR) is 247 cm³/mol. The van der Waals surface area contributed by atoms with Gasteiger partial charge in [-0.2, -0.15) is 0 Å². The lowest BCUT2D eigenvalue weighted by molar-refractivity contribution is -0.260. The number of hydrogen-bond donors (Lipinski definition) is 18. The molecule has 15 atom stereocenters. The van der Waals surface area contributed by atoms with E-state index in [-0.39, 0.29) is 35.9 Å². The van der Waals surface area contributed by atoms with Gasteiger partial charge < -0.3 is 104 Å². The molecule has 0 bridgehead atoms. The predicted octanol–water partition coefficient (Wildman–Crippen LogP) is -9.34. The van der Waals surface area contributed by atoms with Crippen LogP contribution in [0.1, 0.15) is 24.0 Å². The largest absolute Gasteiger partial charge is 0.506 e. The lowest BCUT2D eigenvalue weighted by atomic mass is 9.92. The maximum absolute atomic E-state index is 14.8. The van der Waals surface area contributed by atoms with Crippen molar-refractivity contribution in [3.63, 3.8) is 0 Å². The number of carbonyl (C=O) groups excluding carboxylic acids is 7. The monoisotopic (exact) mass is 1010 g/mol. The first-order chi connectivity index (χ1) is 34.3. The van der Waals surface area contributed by atoms with Gasteiger partial charge in [-0.3, -0.25) is 43.5 Å². The van der Waals surface area contributed by atoms with Gasteiger partial charge >= 0.3 is 0 Å². The van der Waals surface area contributed by atoms with Gasteiger partial charge in [-0.1, -0.05) is 43.3 Å². The number of aliphatic imine (C=N–C) groups is 2. The number of carbonyl (C=O) groups is 7. The number of nitrogens with zero attached hydrogens (tertiary/aromatic N) is 3. The van der Waals surface area contributed by atoms with Crippen molar-refractivity contribution in [3.8, 4) is 5.75 Å². The molecule has 0 radical (unpaired) electrons. The van der Waals surface area contributed by atoms with Gasteiger partial charge in [-0.25, -0.2) is 0 Å². The van der Waals surface area contributed by atoms with Crippen molar-refractivity contribution in [2.75, 3.05) is 38.2 Å². The van der Waals surface area contributed by atoms with Crippen LogP contribution in [0, 0.1) is 0 Å². The smallest absolute Gasteiger partial charge is 0.246 e. The van der Waals surface area contributed by atoms with Crippen molar-refractivity contribution in [2.24, 2.45) is 21.5 Å². The first-order valence-corrected chi connectivity index (χ1v) is 22.6. The number of phenolic OH excluding ortho intramolecular Hbond substituents is 1. The number of amides is 7. The summed E-state index contributed by atoms with van der Waals surface area (Å²) in [6.45, 7) is -2.05. The number of nitrogens with two attached hydrogens (primary N) is 2. The highest BCUT2D eigenvalue weighted by Gasteiger charge is 2.52. The molecule has 29 nitrogen and oxygen atoms in total. The highest BCUT2D eigenvalue weighted by Crippen LogP contribution is 2.29. The summed E-state index contributed by atoms with van der Waals surface area (Å²) in [6.07, 6.45) is -13.5. The average Bonchev–Trinajstić information content (AvgIpc) is 3.99. The summed E-state index contributed by atoms with van der Waals surface area (Å²) in [4.78, 5) is 106. The second kappa shape index (κ2) is 23.8. The van der Waals surface area contributed by atoms with Crippen LogP contribution in [0.4, 0.5) is 5.69 Å². The van der Waals surface area contributed by atoms with E-state index in [1.54, 1.807) is 37.3 Å². The van der Waals surface area contributed by atoms with Gasteiger partial charge in [0.15, 0.2) is 18.1 Å². The van der Waals surface area contributed by atoms with Crippen molar-refractivity contribution in [3.05, 3.63) is 59.7 Å². The number of rotatable bonds is 13. The van der Waals surface area contributed by atoms with Crippen LogP contribution in [-0.2, 0) is 44.7 Å². The molecule has 20 N–H and O–H groups in total. The number of anilines is 1. The topological polar surface area (TPSA) is 467 Å². The molecule has 0 spiro atoms. The quantitative estimate of drug-likeness (QED) is 0.0654. The molecule has 392 valence electrons. The lowest BCUT2D eigenvalue weighted by Gasteiger charge is -2.46. The van der Waals surface area contributed by atoms with Gasteiger partial charge in [0.25, 0.3) is 0 Å². The molecule has 4 aliphatic heterocycles. The third-order valence-corrected chi connectivity index (χ3v) is 12.7. The zero-order chi connectivity index (χ0) is 52.6. The van der Waals surface area contributed by atoms with Crippen molar-refractivity contribution < 1.29 is 79.2 Å². The van der Waals surface area contributed by atoms with Crippen molar-refractivity contribution in [2.45, 2.75) is 104 Å². The minimum Gasteiger partial charge on any atom is -0.506 e. The Morgan fingerprint density at radius 1 is 0.764 bits per heavy atom. The number of guanidine groups is 2. The molecule has 4 heterocycles. The molecule has 5 unspecified atom stereocenters. The number of aliphatic hydroxyl groups is 7. The van der Waals surface area contributed by atoms with Crippen LogP contribution in [0.3, 0.4) is 0 Å². The maximum atomic E-state index is 14.8. The standard InChI is InChI=1S/C43H59N13O16/c1-17(19-5-3-2-4-6-19)28-38(69)50-21(10-18-7-8-25(60)20(9-18)49-16-59)37(68)54-29(31(62)22-11-47-42(44)52-22)40(71)55-30(39(70)51-23(14-57)36(67)46-13-27(61)53-28)32(63)24-12-48-43(45)56(24)41-35(66)34(65)33(64)26(15-58)72-41/h2-9,16-17,21-24,26,28-35,41,57-58,60,62-66H,10-15H2,1H3,(H2,45,48)(H,46,67)(H,49,59)(H,50,69)(H,51,70)(H,53,61)(H,54,68)(H,55,71)(H3,44,47,52)/t17?,21-,22?,23+,24?,26-,28+,29+,30-,31?,32?,33-,34+,35+,41+/m1/s1. The summed E-state index contributed by atoms with van der Waals surface area (Å²) >= 11 is 0. The van der Waals surface area contributed by atoms with Gasteiger partial charge in [-0.05, 0) is 23.3 Å².